The number of amides is 3. The molecule has 0 fully saturated rings. The third kappa shape index (κ3) is 5.95. The lowest BCUT2D eigenvalue weighted by atomic mass is 10.1. The Morgan fingerprint density at radius 1 is 0.966 bits per heavy atom. The molecule has 0 bridgehead atoms. The number of anilines is 1. The number of ether oxygens (including phenoxy) is 3. The van der Waals surface area contributed by atoms with Crippen LogP contribution in [0.1, 0.15) is 21.5 Å². The van der Waals surface area contributed by atoms with Crippen molar-refractivity contribution in [1.82, 2.24) is 5.32 Å². The predicted molar refractivity (Wildman–Crippen MR) is 111 cm³/mol. The van der Waals surface area contributed by atoms with E-state index in [-0.39, 0.29) is 5.56 Å². The molecule has 2 aromatic rings. The summed E-state index contributed by atoms with van der Waals surface area (Å²) in [5.74, 6) is -0.795. The van der Waals surface area contributed by atoms with E-state index in [0.717, 1.165) is 11.1 Å². The van der Waals surface area contributed by atoms with Crippen LogP contribution in [0, 0.1) is 13.8 Å². The smallest absolute Gasteiger partial charge is 0.338 e. The Balaban J connectivity index is 1.92. The van der Waals surface area contributed by atoms with Crippen LogP contribution in [0.15, 0.2) is 34.8 Å². The second kappa shape index (κ2) is 9.92. The highest BCUT2D eigenvalue weighted by atomic mass is 79.9. The molecular weight excluding hydrogens is 444 g/mol. The molecule has 29 heavy (non-hydrogen) atoms. The van der Waals surface area contributed by atoms with Crippen molar-refractivity contribution in [2.24, 2.45) is 0 Å². The fourth-order valence-corrected chi connectivity index (χ4v) is 2.90. The van der Waals surface area contributed by atoms with Crippen molar-refractivity contribution in [1.29, 1.82) is 0 Å². The van der Waals surface area contributed by atoms with Crippen LogP contribution in [0.3, 0.4) is 0 Å². The maximum absolute atomic E-state index is 12.2. The number of hydrogen-bond acceptors (Lipinski definition) is 6. The second-order valence-corrected chi connectivity index (χ2v) is 6.87. The molecule has 2 aromatic carbocycles. The Morgan fingerprint density at radius 3 is 2.14 bits per heavy atom. The average Bonchev–Trinajstić information content (AvgIpc) is 2.69. The first kappa shape index (κ1) is 22.2. The first-order valence-electron chi connectivity index (χ1n) is 8.52. The third-order valence-electron chi connectivity index (χ3n) is 4.03. The first-order valence-corrected chi connectivity index (χ1v) is 9.31. The van der Waals surface area contributed by atoms with Gasteiger partial charge in [-0.05, 0) is 65.2 Å². The van der Waals surface area contributed by atoms with E-state index in [1.807, 2.05) is 19.9 Å². The Labute approximate surface area is 176 Å². The topological polar surface area (TPSA) is 103 Å². The minimum absolute atomic E-state index is 0.134. The molecule has 8 nitrogen and oxygen atoms in total. The number of esters is 1. The number of urea groups is 1. The number of rotatable bonds is 6. The van der Waals surface area contributed by atoms with Gasteiger partial charge in [0.05, 0.1) is 19.8 Å². The fourth-order valence-electron chi connectivity index (χ4n) is 2.35. The summed E-state index contributed by atoms with van der Waals surface area (Å²) < 4.78 is 15.8. The van der Waals surface area contributed by atoms with Crippen LogP contribution in [0.4, 0.5) is 10.5 Å². The summed E-state index contributed by atoms with van der Waals surface area (Å²) in [7, 11) is 2.88. The molecule has 9 heteroatoms. The van der Waals surface area contributed by atoms with Gasteiger partial charge in [0.15, 0.2) is 6.61 Å². The van der Waals surface area contributed by atoms with Crippen LogP contribution >= 0.6 is 15.9 Å². The average molecular weight is 465 g/mol. The number of benzene rings is 2. The van der Waals surface area contributed by atoms with Crippen molar-refractivity contribution in [2.45, 2.75) is 13.8 Å². The largest absolute Gasteiger partial charge is 0.495 e. The number of methoxy groups -OCH3 is 2. The molecule has 0 aliphatic rings. The molecule has 0 aliphatic heterocycles. The summed E-state index contributed by atoms with van der Waals surface area (Å²) in [4.78, 5) is 36.0. The summed E-state index contributed by atoms with van der Waals surface area (Å²) in [6, 6.07) is 7.53. The lowest BCUT2D eigenvalue weighted by Gasteiger charge is -2.11. The summed E-state index contributed by atoms with van der Waals surface area (Å²) in [5.41, 5.74) is 2.77. The molecule has 3 amide bonds. The Kier molecular flexibility index (Phi) is 7.60. The van der Waals surface area contributed by atoms with Crippen LogP contribution in [0.25, 0.3) is 0 Å². The standard InChI is InChI=1S/C20H21BrN2O6/c1-11-5-6-14(7-12(11)2)22-20(26)23-17(24)10-29-19(25)13-8-15(27-3)18(21)16(9-13)28-4/h5-9H,10H2,1-4H3,(H2,22,23,24,26). The monoisotopic (exact) mass is 464 g/mol. The van der Waals surface area contributed by atoms with Gasteiger partial charge in [0.25, 0.3) is 5.91 Å². The number of carbonyl (C=O) groups excluding carboxylic acids is 3. The summed E-state index contributed by atoms with van der Waals surface area (Å²) in [6.45, 7) is 3.24. The van der Waals surface area contributed by atoms with Crippen LogP contribution in [-0.4, -0.2) is 38.7 Å². The Bertz CT molecular complexity index is 920. The zero-order chi connectivity index (χ0) is 21.6. The van der Waals surface area contributed by atoms with E-state index in [4.69, 9.17) is 14.2 Å². The summed E-state index contributed by atoms with van der Waals surface area (Å²) >= 11 is 3.30. The van der Waals surface area contributed by atoms with Crippen molar-refractivity contribution in [3.63, 3.8) is 0 Å². The highest BCUT2D eigenvalue weighted by molar-refractivity contribution is 9.10. The fraction of sp³-hybridized carbons (Fsp3) is 0.250. The highest BCUT2D eigenvalue weighted by Gasteiger charge is 2.17. The van der Waals surface area contributed by atoms with Crippen molar-refractivity contribution in [2.75, 3.05) is 26.1 Å². The molecule has 0 aromatic heterocycles. The lowest BCUT2D eigenvalue weighted by molar-refractivity contribution is -0.123. The second-order valence-electron chi connectivity index (χ2n) is 6.07. The molecule has 0 saturated heterocycles. The van der Waals surface area contributed by atoms with E-state index in [1.54, 1.807) is 12.1 Å². The van der Waals surface area contributed by atoms with E-state index in [2.05, 4.69) is 26.6 Å². The van der Waals surface area contributed by atoms with Gasteiger partial charge in [-0.25, -0.2) is 9.59 Å². The van der Waals surface area contributed by atoms with Gasteiger partial charge >= 0.3 is 12.0 Å². The zero-order valence-electron chi connectivity index (χ0n) is 16.4. The number of aryl methyl sites for hydroxylation is 2. The number of nitrogens with one attached hydrogen (secondary N) is 2. The first-order chi connectivity index (χ1) is 13.7. The van der Waals surface area contributed by atoms with Gasteiger partial charge in [-0.2, -0.15) is 0 Å². The molecule has 2 rings (SSSR count). The minimum Gasteiger partial charge on any atom is -0.495 e. The van der Waals surface area contributed by atoms with Gasteiger partial charge < -0.3 is 19.5 Å². The highest BCUT2D eigenvalue weighted by Crippen LogP contribution is 2.35. The van der Waals surface area contributed by atoms with E-state index in [9.17, 15) is 14.4 Å². The van der Waals surface area contributed by atoms with Crippen LogP contribution in [-0.2, 0) is 9.53 Å². The van der Waals surface area contributed by atoms with Gasteiger partial charge in [0.1, 0.15) is 16.0 Å². The van der Waals surface area contributed by atoms with Crippen molar-refractivity contribution in [3.05, 3.63) is 51.5 Å². The van der Waals surface area contributed by atoms with Gasteiger partial charge in [0, 0.05) is 5.69 Å². The van der Waals surface area contributed by atoms with E-state index < -0.39 is 24.5 Å². The molecule has 0 atom stereocenters. The van der Waals surface area contributed by atoms with Crippen LogP contribution < -0.4 is 20.1 Å². The van der Waals surface area contributed by atoms with Gasteiger partial charge in [-0.15, -0.1) is 0 Å². The number of carbonyl (C=O) groups is 3. The summed E-state index contributed by atoms with van der Waals surface area (Å²) in [6.07, 6.45) is 0. The van der Waals surface area contributed by atoms with Crippen LogP contribution in [0.2, 0.25) is 0 Å². The minimum atomic E-state index is -0.768. The molecule has 0 unspecified atom stereocenters. The molecule has 0 spiro atoms. The van der Waals surface area contributed by atoms with Crippen molar-refractivity contribution < 1.29 is 28.6 Å². The van der Waals surface area contributed by atoms with E-state index in [0.29, 0.717) is 21.7 Å². The Morgan fingerprint density at radius 2 is 1.59 bits per heavy atom. The quantitative estimate of drug-likeness (QED) is 0.633. The predicted octanol–water partition coefficient (Wildman–Crippen LogP) is 3.59. The number of hydrogen-bond donors (Lipinski definition) is 2. The lowest BCUT2D eigenvalue weighted by Crippen LogP contribution is -2.37. The molecule has 0 radical (unpaired) electrons. The number of halogens is 1. The molecule has 154 valence electrons. The molecule has 0 heterocycles. The normalized spacial score (nSPS) is 10.1. The SMILES string of the molecule is COc1cc(C(=O)OCC(=O)NC(=O)Nc2ccc(C)c(C)c2)cc(OC)c1Br. The molecule has 0 saturated carbocycles. The van der Waals surface area contributed by atoms with Gasteiger partial charge in [-0.1, -0.05) is 6.07 Å². The van der Waals surface area contributed by atoms with Crippen molar-refractivity contribution in [3.8, 4) is 11.5 Å². The Hall–Kier alpha value is -3.07. The maximum atomic E-state index is 12.2. The van der Waals surface area contributed by atoms with Gasteiger partial charge in [-0.3, -0.25) is 10.1 Å². The van der Waals surface area contributed by atoms with Crippen molar-refractivity contribution >= 4 is 39.5 Å². The van der Waals surface area contributed by atoms with Gasteiger partial charge in [0.2, 0.25) is 0 Å². The van der Waals surface area contributed by atoms with E-state index >= 15 is 0 Å². The molecule has 0 aliphatic carbocycles. The van der Waals surface area contributed by atoms with Crippen LogP contribution in [0.5, 0.6) is 11.5 Å². The maximum Gasteiger partial charge on any atom is 0.338 e. The molecular formula is C20H21BrN2O6. The third-order valence-corrected chi connectivity index (χ3v) is 4.82. The molecule has 2 N–H and O–H groups in total. The summed E-state index contributed by atoms with van der Waals surface area (Å²) in [5, 5.41) is 4.65. The van der Waals surface area contributed by atoms with E-state index in [1.165, 1.54) is 26.4 Å². The zero-order valence-corrected chi connectivity index (χ0v) is 18.0. The number of imide groups is 1.